The van der Waals surface area contributed by atoms with Crippen molar-refractivity contribution in [3.63, 3.8) is 0 Å². The Morgan fingerprint density at radius 1 is 1.65 bits per heavy atom. The van der Waals surface area contributed by atoms with Gasteiger partial charge in [0.25, 0.3) is 0 Å². The van der Waals surface area contributed by atoms with E-state index in [1.807, 2.05) is 31.2 Å². The summed E-state index contributed by atoms with van der Waals surface area (Å²) in [4.78, 5) is 10.8. The lowest BCUT2D eigenvalue weighted by atomic mass is 10.2. The van der Waals surface area contributed by atoms with Crippen molar-refractivity contribution in [3.05, 3.63) is 29.8 Å². The molecule has 0 bridgehead atoms. The molecule has 92 valence electrons. The molecule has 1 heterocycles. The molecule has 1 unspecified atom stereocenters. The number of thioether (sulfide) groups is 1. The van der Waals surface area contributed by atoms with Crippen molar-refractivity contribution < 1.29 is 14.6 Å². The van der Waals surface area contributed by atoms with Gasteiger partial charge in [-0.15, -0.1) is 11.8 Å². The number of carboxylic acid groups (broad SMARTS) is 1. The third kappa shape index (κ3) is 2.92. The van der Waals surface area contributed by atoms with E-state index in [1.165, 1.54) is 0 Å². The number of benzene rings is 1. The second kappa shape index (κ2) is 5.42. The lowest BCUT2D eigenvalue weighted by molar-refractivity contribution is -0.138. The molecular formula is C12H15NO3S. The molecule has 2 N–H and O–H groups in total. The highest BCUT2D eigenvalue weighted by Gasteiger charge is 2.30. The number of carboxylic acids is 1. The third-order valence-corrected chi connectivity index (χ3v) is 3.82. The molecule has 0 aromatic heterocycles. The molecule has 0 spiro atoms. The molecule has 2 rings (SSSR count). The number of hydrogen-bond acceptors (Lipinski definition) is 4. The molecule has 1 aliphatic heterocycles. The molecular weight excluding hydrogens is 238 g/mol. The first-order chi connectivity index (χ1) is 8.20. The summed E-state index contributed by atoms with van der Waals surface area (Å²) in [6.07, 6.45) is 0. The molecule has 1 aromatic carbocycles. The average Bonchev–Trinajstić information content (AvgIpc) is 2.79. The number of ether oxygens (including phenoxy) is 1. The Morgan fingerprint density at radius 2 is 2.47 bits per heavy atom. The van der Waals surface area contributed by atoms with Crippen molar-refractivity contribution in [1.82, 2.24) is 5.32 Å². The standard InChI is InChI=1S/C12H15NO3S/c1-2-16-9-5-3-4-8(6-9)11-13-10(7-17-11)12(14)15/h3-6,10-11,13H,2,7H2,1H3,(H,14,15)/t10-,11?/m1/s1. The molecule has 2 atom stereocenters. The molecule has 4 nitrogen and oxygen atoms in total. The van der Waals surface area contributed by atoms with Gasteiger partial charge < -0.3 is 9.84 Å². The van der Waals surface area contributed by atoms with Crippen molar-refractivity contribution in [3.8, 4) is 5.75 Å². The first-order valence-electron chi connectivity index (χ1n) is 5.54. The van der Waals surface area contributed by atoms with Gasteiger partial charge in [-0.05, 0) is 24.6 Å². The van der Waals surface area contributed by atoms with E-state index in [9.17, 15) is 4.79 Å². The van der Waals surface area contributed by atoms with Crippen LogP contribution < -0.4 is 10.1 Å². The SMILES string of the molecule is CCOc1cccc(C2N[C@@H](C(=O)O)CS2)c1. The second-order valence-corrected chi connectivity index (χ2v) is 4.91. The highest BCUT2D eigenvalue weighted by atomic mass is 32.2. The van der Waals surface area contributed by atoms with E-state index < -0.39 is 12.0 Å². The highest BCUT2D eigenvalue weighted by molar-refractivity contribution is 7.99. The summed E-state index contributed by atoms with van der Waals surface area (Å²) >= 11 is 1.61. The summed E-state index contributed by atoms with van der Waals surface area (Å²) in [6.45, 7) is 2.57. The summed E-state index contributed by atoms with van der Waals surface area (Å²) in [6, 6.07) is 7.31. The van der Waals surface area contributed by atoms with Gasteiger partial charge >= 0.3 is 5.97 Å². The molecule has 0 saturated carbocycles. The van der Waals surface area contributed by atoms with Gasteiger partial charge in [-0.2, -0.15) is 0 Å². The van der Waals surface area contributed by atoms with Crippen molar-refractivity contribution in [2.75, 3.05) is 12.4 Å². The van der Waals surface area contributed by atoms with Gasteiger partial charge in [0.2, 0.25) is 0 Å². The predicted molar refractivity (Wildman–Crippen MR) is 67.4 cm³/mol. The molecule has 0 aliphatic carbocycles. The van der Waals surface area contributed by atoms with Crippen LogP contribution in [0.3, 0.4) is 0 Å². The maximum atomic E-state index is 10.8. The number of nitrogens with one attached hydrogen (secondary N) is 1. The first-order valence-corrected chi connectivity index (χ1v) is 6.59. The fourth-order valence-corrected chi connectivity index (χ4v) is 2.96. The first kappa shape index (κ1) is 12.3. The van der Waals surface area contributed by atoms with E-state index in [2.05, 4.69) is 5.32 Å². The Hall–Kier alpha value is -1.20. The van der Waals surface area contributed by atoms with Gasteiger partial charge in [-0.25, -0.2) is 0 Å². The minimum Gasteiger partial charge on any atom is -0.494 e. The van der Waals surface area contributed by atoms with Crippen LogP contribution in [0.5, 0.6) is 5.75 Å². The Bertz CT molecular complexity index is 410. The summed E-state index contributed by atoms with van der Waals surface area (Å²) in [5.41, 5.74) is 1.06. The van der Waals surface area contributed by atoms with E-state index in [4.69, 9.17) is 9.84 Å². The Morgan fingerprint density at radius 3 is 3.12 bits per heavy atom. The zero-order chi connectivity index (χ0) is 12.3. The van der Waals surface area contributed by atoms with Crippen LogP contribution in [0.4, 0.5) is 0 Å². The number of hydrogen-bond donors (Lipinski definition) is 2. The fourth-order valence-electron chi connectivity index (χ4n) is 1.74. The van der Waals surface area contributed by atoms with Crippen molar-refractivity contribution in [1.29, 1.82) is 0 Å². The van der Waals surface area contributed by atoms with Gasteiger partial charge in [0.1, 0.15) is 11.8 Å². The summed E-state index contributed by atoms with van der Waals surface area (Å²) in [5, 5.41) is 12.0. The lowest BCUT2D eigenvalue weighted by Gasteiger charge is -2.12. The molecule has 0 radical (unpaired) electrons. The minimum absolute atomic E-state index is 0.0384. The van der Waals surface area contributed by atoms with E-state index in [-0.39, 0.29) is 5.37 Å². The van der Waals surface area contributed by atoms with Crippen LogP contribution in [0.1, 0.15) is 17.9 Å². The lowest BCUT2D eigenvalue weighted by Crippen LogP contribution is -2.33. The van der Waals surface area contributed by atoms with Gasteiger partial charge in [-0.1, -0.05) is 12.1 Å². The molecule has 0 amide bonds. The summed E-state index contributed by atoms with van der Waals surface area (Å²) < 4.78 is 5.43. The highest BCUT2D eigenvalue weighted by Crippen LogP contribution is 2.34. The van der Waals surface area contributed by atoms with Crippen LogP contribution in [-0.2, 0) is 4.79 Å². The fraction of sp³-hybridized carbons (Fsp3) is 0.417. The summed E-state index contributed by atoms with van der Waals surface area (Å²) in [5.74, 6) is 0.630. The van der Waals surface area contributed by atoms with Crippen molar-refractivity contribution in [2.45, 2.75) is 18.3 Å². The Balaban J connectivity index is 2.08. The number of rotatable bonds is 4. The second-order valence-electron chi connectivity index (χ2n) is 3.78. The molecule has 1 aliphatic rings. The Labute approximate surface area is 104 Å². The van der Waals surface area contributed by atoms with Gasteiger partial charge in [0.15, 0.2) is 0 Å². The normalized spacial score (nSPS) is 23.6. The topological polar surface area (TPSA) is 58.6 Å². The summed E-state index contributed by atoms with van der Waals surface area (Å²) in [7, 11) is 0. The largest absolute Gasteiger partial charge is 0.494 e. The molecule has 1 aromatic rings. The predicted octanol–water partition coefficient (Wildman–Crippen LogP) is 1.87. The van der Waals surface area contributed by atoms with Crippen molar-refractivity contribution in [2.24, 2.45) is 0 Å². The van der Waals surface area contributed by atoms with E-state index >= 15 is 0 Å². The number of carbonyl (C=O) groups is 1. The average molecular weight is 253 g/mol. The van der Waals surface area contributed by atoms with Gasteiger partial charge in [0.05, 0.1) is 12.0 Å². The van der Waals surface area contributed by atoms with Crippen molar-refractivity contribution >= 4 is 17.7 Å². The smallest absolute Gasteiger partial charge is 0.321 e. The van der Waals surface area contributed by atoms with E-state index in [1.54, 1.807) is 11.8 Å². The Kier molecular flexibility index (Phi) is 3.91. The maximum Gasteiger partial charge on any atom is 0.321 e. The van der Waals surface area contributed by atoms with Gasteiger partial charge in [-0.3, -0.25) is 10.1 Å². The molecule has 5 heteroatoms. The maximum absolute atomic E-state index is 10.8. The van der Waals surface area contributed by atoms with E-state index in [0.29, 0.717) is 12.4 Å². The molecule has 1 saturated heterocycles. The van der Waals surface area contributed by atoms with Crippen LogP contribution >= 0.6 is 11.8 Å². The zero-order valence-corrected chi connectivity index (χ0v) is 10.4. The van der Waals surface area contributed by atoms with Crippen LogP contribution in [-0.4, -0.2) is 29.5 Å². The molecule has 1 fully saturated rings. The monoisotopic (exact) mass is 253 g/mol. The van der Waals surface area contributed by atoms with Crippen LogP contribution in [0.15, 0.2) is 24.3 Å². The van der Waals surface area contributed by atoms with Crippen LogP contribution in [0.25, 0.3) is 0 Å². The number of aliphatic carboxylic acids is 1. The van der Waals surface area contributed by atoms with Crippen LogP contribution in [0, 0.1) is 0 Å². The van der Waals surface area contributed by atoms with E-state index in [0.717, 1.165) is 11.3 Å². The minimum atomic E-state index is -0.791. The quantitative estimate of drug-likeness (QED) is 0.858. The van der Waals surface area contributed by atoms with Crippen LogP contribution in [0.2, 0.25) is 0 Å². The molecule has 17 heavy (non-hydrogen) atoms. The van der Waals surface area contributed by atoms with Gasteiger partial charge in [0, 0.05) is 5.75 Å². The third-order valence-electron chi connectivity index (χ3n) is 2.55. The zero-order valence-electron chi connectivity index (χ0n) is 9.55.